The van der Waals surface area contributed by atoms with E-state index in [1.54, 1.807) is 30.3 Å². The molecule has 0 aliphatic rings. The molecule has 0 saturated heterocycles. The Morgan fingerprint density at radius 2 is 2.09 bits per heavy atom. The quantitative estimate of drug-likeness (QED) is 0.604. The zero-order valence-electron chi connectivity index (χ0n) is 12.1. The van der Waals surface area contributed by atoms with E-state index in [9.17, 15) is 4.79 Å². The molecule has 23 heavy (non-hydrogen) atoms. The summed E-state index contributed by atoms with van der Waals surface area (Å²) in [5.74, 6) is 0.0386. The van der Waals surface area contributed by atoms with Gasteiger partial charge in [-0.25, -0.2) is 0 Å². The molecule has 0 unspecified atom stereocenters. The van der Waals surface area contributed by atoms with Crippen LogP contribution in [0.5, 0.6) is 5.75 Å². The molecule has 4 nitrogen and oxygen atoms in total. The molecule has 0 bridgehead atoms. The van der Waals surface area contributed by atoms with Gasteiger partial charge in [-0.1, -0.05) is 23.2 Å². The maximum absolute atomic E-state index is 12.0. The third-order valence-corrected chi connectivity index (χ3v) is 4.02. The van der Waals surface area contributed by atoms with Crippen LogP contribution in [0, 0.1) is 17.6 Å². The van der Waals surface area contributed by atoms with Crippen molar-refractivity contribution in [3.05, 3.63) is 52.0 Å². The number of nitrogens with one attached hydrogen (secondary N) is 1. The smallest absolute Gasteiger partial charge is 0.262 e. The second kappa shape index (κ2) is 8.11. The number of thioether (sulfide) groups is 1. The summed E-state index contributed by atoms with van der Waals surface area (Å²) in [5, 5.41) is 14.3. The van der Waals surface area contributed by atoms with Gasteiger partial charge in [0.05, 0.1) is 5.02 Å². The van der Waals surface area contributed by atoms with Crippen molar-refractivity contribution >= 4 is 46.6 Å². The van der Waals surface area contributed by atoms with Crippen molar-refractivity contribution in [2.75, 3.05) is 11.9 Å². The molecule has 2 rings (SSSR count). The van der Waals surface area contributed by atoms with Crippen LogP contribution in [0.1, 0.15) is 5.56 Å². The Kier molecular flexibility index (Phi) is 6.17. The first-order valence-corrected chi connectivity index (χ1v) is 8.11. The van der Waals surface area contributed by atoms with Crippen molar-refractivity contribution in [1.29, 1.82) is 5.26 Å². The fourth-order valence-corrected chi connectivity index (χ4v) is 2.62. The SMILES string of the molecule is Cc1cc(SC#N)ccc1NC(=O)COc1cc(Cl)ccc1Cl. The summed E-state index contributed by atoms with van der Waals surface area (Å²) in [5.41, 5.74) is 1.53. The highest BCUT2D eigenvalue weighted by Crippen LogP contribution is 2.28. The van der Waals surface area contributed by atoms with Crippen LogP contribution in [0.25, 0.3) is 0 Å². The number of nitrogens with zero attached hydrogens (tertiary/aromatic N) is 1. The number of ether oxygens (including phenoxy) is 1. The highest BCUT2D eigenvalue weighted by molar-refractivity contribution is 8.03. The molecule has 0 fully saturated rings. The van der Waals surface area contributed by atoms with Crippen LogP contribution >= 0.6 is 35.0 Å². The van der Waals surface area contributed by atoms with Gasteiger partial charge in [-0.3, -0.25) is 4.79 Å². The van der Waals surface area contributed by atoms with Gasteiger partial charge in [0, 0.05) is 21.7 Å². The molecule has 1 amide bonds. The molecule has 118 valence electrons. The molecule has 0 heterocycles. The lowest BCUT2D eigenvalue weighted by molar-refractivity contribution is -0.118. The number of benzene rings is 2. The van der Waals surface area contributed by atoms with E-state index in [-0.39, 0.29) is 12.5 Å². The summed E-state index contributed by atoms with van der Waals surface area (Å²) in [6.07, 6.45) is 0. The van der Waals surface area contributed by atoms with E-state index >= 15 is 0 Å². The van der Waals surface area contributed by atoms with E-state index in [2.05, 4.69) is 5.32 Å². The summed E-state index contributed by atoms with van der Waals surface area (Å²) < 4.78 is 5.38. The average molecular weight is 367 g/mol. The van der Waals surface area contributed by atoms with Gasteiger partial charge in [0.2, 0.25) is 0 Å². The molecule has 0 aliphatic carbocycles. The Bertz CT molecular complexity index is 775. The van der Waals surface area contributed by atoms with Crippen LogP contribution in [0.4, 0.5) is 5.69 Å². The molecular weight excluding hydrogens is 355 g/mol. The maximum Gasteiger partial charge on any atom is 0.262 e. The van der Waals surface area contributed by atoms with Crippen molar-refractivity contribution in [3.63, 3.8) is 0 Å². The Morgan fingerprint density at radius 3 is 2.78 bits per heavy atom. The van der Waals surface area contributed by atoms with Gasteiger partial charge < -0.3 is 10.1 Å². The summed E-state index contributed by atoms with van der Waals surface area (Å²) >= 11 is 12.9. The van der Waals surface area contributed by atoms with E-state index in [0.29, 0.717) is 21.5 Å². The van der Waals surface area contributed by atoms with Crippen LogP contribution in [0.2, 0.25) is 10.0 Å². The van der Waals surface area contributed by atoms with E-state index in [0.717, 1.165) is 22.2 Å². The minimum absolute atomic E-state index is 0.186. The molecule has 0 atom stereocenters. The number of carbonyl (C=O) groups is 1. The van der Waals surface area contributed by atoms with E-state index in [1.165, 1.54) is 0 Å². The second-order valence-electron chi connectivity index (χ2n) is 4.58. The van der Waals surface area contributed by atoms with Gasteiger partial charge in [0.25, 0.3) is 5.91 Å². The summed E-state index contributed by atoms with van der Waals surface area (Å²) in [6, 6.07) is 10.1. The lowest BCUT2D eigenvalue weighted by Crippen LogP contribution is -2.20. The van der Waals surface area contributed by atoms with Crippen molar-refractivity contribution in [3.8, 4) is 11.2 Å². The molecular formula is C16H12Cl2N2O2S. The molecule has 0 aromatic heterocycles. The molecule has 7 heteroatoms. The first-order chi connectivity index (χ1) is 11.0. The lowest BCUT2D eigenvalue weighted by Gasteiger charge is -2.11. The number of hydrogen-bond acceptors (Lipinski definition) is 4. The molecule has 1 N–H and O–H groups in total. The van der Waals surface area contributed by atoms with Crippen molar-refractivity contribution in [1.82, 2.24) is 0 Å². The number of nitriles is 1. The molecule has 2 aromatic rings. The maximum atomic E-state index is 12.0. The summed E-state index contributed by atoms with van der Waals surface area (Å²) in [4.78, 5) is 12.8. The number of aryl methyl sites for hydroxylation is 1. The first-order valence-electron chi connectivity index (χ1n) is 6.54. The van der Waals surface area contributed by atoms with Crippen LogP contribution in [-0.2, 0) is 4.79 Å². The third kappa shape index (κ3) is 5.07. The molecule has 2 aromatic carbocycles. The van der Waals surface area contributed by atoms with Gasteiger partial charge in [-0.15, -0.1) is 0 Å². The van der Waals surface area contributed by atoms with E-state index < -0.39 is 0 Å². The fraction of sp³-hybridized carbons (Fsp3) is 0.125. The molecule has 0 saturated carbocycles. The highest BCUT2D eigenvalue weighted by atomic mass is 35.5. The average Bonchev–Trinajstić information content (AvgIpc) is 2.51. The second-order valence-corrected chi connectivity index (χ2v) is 6.28. The number of amides is 1. The minimum atomic E-state index is -0.315. The summed E-state index contributed by atoms with van der Waals surface area (Å²) in [6.45, 7) is 1.67. The highest BCUT2D eigenvalue weighted by Gasteiger charge is 2.09. The number of anilines is 1. The number of thiocyanates is 1. The van der Waals surface area contributed by atoms with Crippen molar-refractivity contribution < 1.29 is 9.53 Å². The zero-order chi connectivity index (χ0) is 16.8. The first kappa shape index (κ1) is 17.5. The molecule has 0 radical (unpaired) electrons. The van der Waals surface area contributed by atoms with Gasteiger partial charge in [-0.05, 0) is 54.6 Å². The van der Waals surface area contributed by atoms with Crippen molar-refractivity contribution in [2.45, 2.75) is 11.8 Å². The Labute approximate surface area is 148 Å². The van der Waals surface area contributed by atoms with Gasteiger partial charge >= 0.3 is 0 Å². The van der Waals surface area contributed by atoms with E-state index in [4.69, 9.17) is 33.2 Å². The number of rotatable bonds is 5. The van der Waals surface area contributed by atoms with Crippen LogP contribution in [0.15, 0.2) is 41.3 Å². The third-order valence-electron chi connectivity index (χ3n) is 2.89. The van der Waals surface area contributed by atoms with Gasteiger partial charge in [0.15, 0.2) is 6.61 Å². The Balaban J connectivity index is 1.97. The Hall–Kier alpha value is -1.87. The van der Waals surface area contributed by atoms with Crippen molar-refractivity contribution in [2.24, 2.45) is 0 Å². The monoisotopic (exact) mass is 366 g/mol. The van der Waals surface area contributed by atoms with E-state index in [1.807, 2.05) is 18.4 Å². The predicted molar refractivity (Wildman–Crippen MR) is 93.2 cm³/mol. The van der Waals surface area contributed by atoms with Gasteiger partial charge in [-0.2, -0.15) is 5.26 Å². The number of carbonyl (C=O) groups excluding carboxylic acids is 1. The van der Waals surface area contributed by atoms with Crippen LogP contribution in [-0.4, -0.2) is 12.5 Å². The zero-order valence-corrected chi connectivity index (χ0v) is 14.4. The fourth-order valence-electron chi connectivity index (χ4n) is 1.81. The Morgan fingerprint density at radius 1 is 1.30 bits per heavy atom. The number of hydrogen-bond donors (Lipinski definition) is 1. The predicted octanol–water partition coefficient (Wildman–Crippen LogP) is 4.89. The number of halogens is 2. The van der Waals surface area contributed by atoms with Crippen LogP contribution < -0.4 is 10.1 Å². The summed E-state index contributed by atoms with van der Waals surface area (Å²) in [7, 11) is 0. The van der Waals surface area contributed by atoms with Gasteiger partial charge in [0.1, 0.15) is 11.2 Å². The van der Waals surface area contributed by atoms with Crippen LogP contribution in [0.3, 0.4) is 0 Å². The standard InChI is InChI=1S/C16H12Cl2N2O2S/c1-10-6-12(23-9-19)3-5-14(10)20-16(21)8-22-15-7-11(17)2-4-13(15)18/h2-7H,8H2,1H3,(H,20,21). The minimum Gasteiger partial charge on any atom is -0.482 e. The normalized spacial score (nSPS) is 10.0. The molecule has 0 spiro atoms. The largest absolute Gasteiger partial charge is 0.482 e. The molecule has 0 aliphatic heterocycles. The topological polar surface area (TPSA) is 62.1 Å². The lowest BCUT2D eigenvalue weighted by atomic mass is 10.2.